The van der Waals surface area contributed by atoms with Gasteiger partial charge in [-0.1, -0.05) is 19.3 Å². The van der Waals surface area contributed by atoms with Crippen molar-refractivity contribution in [3.8, 4) is 0 Å². The SMILES string of the molecule is O=C(CC1CCNCC1)OCCC1CCC1. The van der Waals surface area contributed by atoms with Gasteiger partial charge in [0.25, 0.3) is 0 Å². The topological polar surface area (TPSA) is 38.3 Å². The maximum absolute atomic E-state index is 11.6. The van der Waals surface area contributed by atoms with E-state index in [2.05, 4.69) is 5.32 Å². The van der Waals surface area contributed by atoms with Gasteiger partial charge in [0.1, 0.15) is 0 Å². The standard InChI is InChI=1S/C13H23NO2/c15-13(10-12-4-7-14-8-5-12)16-9-6-11-2-1-3-11/h11-12,14H,1-10H2. The Kier molecular flexibility index (Phi) is 4.64. The number of hydrogen-bond acceptors (Lipinski definition) is 3. The van der Waals surface area contributed by atoms with Crippen LogP contribution in [0.25, 0.3) is 0 Å². The highest BCUT2D eigenvalue weighted by molar-refractivity contribution is 5.69. The van der Waals surface area contributed by atoms with Crippen LogP contribution in [-0.2, 0) is 9.53 Å². The molecule has 0 radical (unpaired) electrons. The molecule has 0 aromatic carbocycles. The number of piperidine rings is 1. The first-order valence-electron chi connectivity index (χ1n) is 6.71. The summed E-state index contributed by atoms with van der Waals surface area (Å²) >= 11 is 0. The first kappa shape index (κ1) is 11.9. The molecule has 0 aromatic rings. The van der Waals surface area contributed by atoms with E-state index in [0.29, 0.717) is 18.9 Å². The highest BCUT2D eigenvalue weighted by Crippen LogP contribution is 2.29. The number of carbonyl (C=O) groups is 1. The zero-order chi connectivity index (χ0) is 11.2. The van der Waals surface area contributed by atoms with E-state index in [0.717, 1.165) is 38.3 Å². The molecular weight excluding hydrogens is 202 g/mol. The second-order valence-corrected chi connectivity index (χ2v) is 5.20. The largest absolute Gasteiger partial charge is 0.466 e. The maximum Gasteiger partial charge on any atom is 0.306 e. The Morgan fingerprint density at radius 3 is 2.50 bits per heavy atom. The highest BCUT2D eigenvalue weighted by atomic mass is 16.5. The summed E-state index contributed by atoms with van der Waals surface area (Å²) in [6.07, 6.45) is 8.01. The summed E-state index contributed by atoms with van der Waals surface area (Å²) in [5.41, 5.74) is 0. The van der Waals surface area contributed by atoms with Crippen molar-refractivity contribution in [2.24, 2.45) is 11.8 Å². The molecular formula is C13H23NO2. The molecule has 2 aliphatic rings. The molecule has 3 nitrogen and oxygen atoms in total. The Morgan fingerprint density at radius 2 is 1.88 bits per heavy atom. The first-order valence-corrected chi connectivity index (χ1v) is 6.71. The minimum Gasteiger partial charge on any atom is -0.466 e. The van der Waals surface area contributed by atoms with E-state index in [9.17, 15) is 4.79 Å². The normalized spacial score (nSPS) is 22.8. The number of hydrogen-bond donors (Lipinski definition) is 1. The quantitative estimate of drug-likeness (QED) is 0.728. The zero-order valence-electron chi connectivity index (χ0n) is 10.0. The molecule has 2 fully saturated rings. The monoisotopic (exact) mass is 225 g/mol. The lowest BCUT2D eigenvalue weighted by Gasteiger charge is -2.25. The van der Waals surface area contributed by atoms with Crippen LogP contribution < -0.4 is 5.32 Å². The zero-order valence-corrected chi connectivity index (χ0v) is 10.0. The third-order valence-corrected chi connectivity index (χ3v) is 3.93. The number of nitrogens with one attached hydrogen (secondary N) is 1. The van der Waals surface area contributed by atoms with Gasteiger partial charge in [-0.05, 0) is 44.2 Å². The van der Waals surface area contributed by atoms with Crippen LogP contribution in [-0.4, -0.2) is 25.7 Å². The molecule has 1 aliphatic carbocycles. The molecule has 0 bridgehead atoms. The summed E-state index contributed by atoms with van der Waals surface area (Å²) in [5, 5.41) is 3.31. The van der Waals surface area contributed by atoms with Gasteiger partial charge in [0.15, 0.2) is 0 Å². The number of carbonyl (C=O) groups excluding carboxylic acids is 1. The Labute approximate surface area is 97.9 Å². The van der Waals surface area contributed by atoms with Gasteiger partial charge in [-0.2, -0.15) is 0 Å². The van der Waals surface area contributed by atoms with Crippen molar-refractivity contribution in [3.05, 3.63) is 0 Å². The lowest BCUT2D eigenvalue weighted by molar-refractivity contribution is -0.145. The third kappa shape index (κ3) is 3.78. The van der Waals surface area contributed by atoms with E-state index in [1.165, 1.54) is 19.3 Å². The molecule has 0 amide bonds. The van der Waals surface area contributed by atoms with Gasteiger partial charge in [0, 0.05) is 6.42 Å². The molecule has 92 valence electrons. The fourth-order valence-electron chi connectivity index (χ4n) is 2.50. The summed E-state index contributed by atoms with van der Waals surface area (Å²) in [6.45, 7) is 2.76. The molecule has 0 aromatic heterocycles. The van der Waals surface area contributed by atoms with Crippen molar-refractivity contribution < 1.29 is 9.53 Å². The molecule has 1 saturated carbocycles. The summed E-state index contributed by atoms with van der Waals surface area (Å²) < 4.78 is 5.29. The van der Waals surface area contributed by atoms with Crippen LogP contribution in [0.15, 0.2) is 0 Å². The fraction of sp³-hybridized carbons (Fsp3) is 0.923. The van der Waals surface area contributed by atoms with Crippen LogP contribution in [0.1, 0.15) is 44.9 Å². The van der Waals surface area contributed by atoms with E-state index in [1.54, 1.807) is 0 Å². The lowest BCUT2D eigenvalue weighted by atomic mass is 9.83. The molecule has 2 rings (SSSR count). The van der Waals surface area contributed by atoms with E-state index in [4.69, 9.17) is 4.74 Å². The average Bonchev–Trinajstić information content (AvgIpc) is 2.23. The number of esters is 1. The summed E-state index contributed by atoms with van der Waals surface area (Å²) in [7, 11) is 0. The van der Waals surface area contributed by atoms with Crippen molar-refractivity contribution in [2.45, 2.75) is 44.9 Å². The Bertz CT molecular complexity index is 220. The van der Waals surface area contributed by atoms with Gasteiger partial charge in [-0.25, -0.2) is 0 Å². The van der Waals surface area contributed by atoms with Crippen molar-refractivity contribution in [1.29, 1.82) is 0 Å². The van der Waals surface area contributed by atoms with Crippen molar-refractivity contribution in [2.75, 3.05) is 19.7 Å². The van der Waals surface area contributed by atoms with Gasteiger partial charge in [0.05, 0.1) is 6.61 Å². The third-order valence-electron chi connectivity index (χ3n) is 3.93. The van der Waals surface area contributed by atoms with Gasteiger partial charge in [0.2, 0.25) is 0 Å². The second-order valence-electron chi connectivity index (χ2n) is 5.20. The highest BCUT2D eigenvalue weighted by Gasteiger charge is 2.19. The minimum absolute atomic E-state index is 0.0197. The molecule has 1 aliphatic heterocycles. The van der Waals surface area contributed by atoms with E-state index in [-0.39, 0.29) is 5.97 Å². The minimum atomic E-state index is 0.0197. The molecule has 1 N–H and O–H groups in total. The number of rotatable bonds is 5. The Morgan fingerprint density at radius 1 is 1.12 bits per heavy atom. The summed E-state index contributed by atoms with van der Waals surface area (Å²) in [6, 6.07) is 0. The Balaban J connectivity index is 1.52. The van der Waals surface area contributed by atoms with Crippen LogP contribution in [0, 0.1) is 11.8 Å². The first-order chi connectivity index (χ1) is 7.84. The van der Waals surface area contributed by atoms with Gasteiger partial charge >= 0.3 is 5.97 Å². The predicted octanol–water partition coefficient (Wildman–Crippen LogP) is 2.11. The second kappa shape index (κ2) is 6.24. The fourth-order valence-corrected chi connectivity index (χ4v) is 2.50. The van der Waals surface area contributed by atoms with Gasteiger partial charge in [-0.15, -0.1) is 0 Å². The van der Waals surface area contributed by atoms with Crippen LogP contribution in [0.5, 0.6) is 0 Å². The van der Waals surface area contributed by atoms with Crippen molar-refractivity contribution in [1.82, 2.24) is 5.32 Å². The molecule has 0 spiro atoms. The van der Waals surface area contributed by atoms with E-state index in [1.807, 2.05) is 0 Å². The van der Waals surface area contributed by atoms with Crippen LogP contribution in [0.3, 0.4) is 0 Å². The van der Waals surface area contributed by atoms with Gasteiger partial charge in [-0.3, -0.25) is 4.79 Å². The molecule has 1 saturated heterocycles. The van der Waals surface area contributed by atoms with Crippen molar-refractivity contribution in [3.63, 3.8) is 0 Å². The van der Waals surface area contributed by atoms with Crippen LogP contribution in [0.4, 0.5) is 0 Å². The maximum atomic E-state index is 11.6. The molecule has 16 heavy (non-hydrogen) atoms. The van der Waals surface area contributed by atoms with Crippen LogP contribution >= 0.6 is 0 Å². The molecule has 0 unspecified atom stereocenters. The molecule has 3 heteroatoms. The summed E-state index contributed by atoms with van der Waals surface area (Å²) in [5.74, 6) is 1.41. The summed E-state index contributed by atoms with van der Waals surface area (Å²) in [4.78, 5) is 11.6. The molecule has 0 atom stereocenters. The Hall–Kier alpha value is -0.570. The number of ether oxygens (including phenoxy) is 1. The van der Waals surface area contributed by atoms with Gasteiger partial charge < -0.3 is 10.1 Å². The van der Waals surface area contributed by atoms with E-state index < -0.39 is 0 Å². The molecule has 1 heterocycles. The smallest absolute Gasteiger partial charge is 0.306 e. The van der Waals surface area contributed by atoms with Crippen LogP contribution in [0.2, 0.25) is 0 Å². The van der Waals surface area contributed by atoms with E-state index >= 15 is 0 Å². The van der Waals surface area contributed by atoms with Crippen molar-refractivity contribution >= 4 is 5.97 Å². The lowest BCUT2D eigenvalue weighted by Crippen LogP contribution is -2.29. The average molecular weight is 225 g/mol. The predicted molar refractivity (Wildman–Crippen MR) is 63.1 cm³/mol.